The summed E-state index contributed by atoms with van der Waals surface area (Å²) >= 11 is 7.66. The molecule has 2 N–H and O–H groups in total. The van der Waals surface area contributed by atoms with Crippen LogP contribution in [0.4, 0.5) is 0 Å². The van der Waals surface area contributed by atoms with E-state index < -0.39 is 12.0 Å². The molecule has 0 fully saturated rings. The molecule has 1 unspecified atom stereocenters. The third-order valence-corrected chi connectivity index (χ3v) is 4.32. The Hall–Kier alpha value is -1.43. The molecule has 0 saturated carbocycles. The van der Waals surface area contributed by atoms with Crippen LogP contribution in [0.5, 0.6) is 0 Å². The molecule has 0 aliphatic carbocycles. The highest BCUT2D eigenvalue weighted by atomic mass is 35.5. The van der Waals surface area contributed by atoms with Crippen LogP contribution in [-0.2, 0) is 11.3 Å². The summed E-state index contributed by atoms with van der Waals surface area (Å²) < 4.78 is 0. The number of carbonyl (C=O) groups is 1. The summed E-state index contributed by atoms with van der Waals surface area (Å²) in [6, 6.07) is 7.03. The number of hydrogen-bond donors (Lipinski definition) is 2. The van der Waals surface area contributed by atoms with E-state index >= 15 is 0 Å². The van der Waals surface area contributed by atoms with Gasteiger partial charge in [-0.1, -0.05) is 43.1 Å². The molecule has 0 radical (unpaired) electrons. The zero-order valence-corrected chi connectivity index (χ0v) is 13.2. The maximum absolute atomic E-state index is 11.1. The number of carboxylic acid groups (broad SMARTS) is 1. The molecule has 21 heavy (non-hydrogen) atoms. The lowest BCUT2D eigenvalue weighted by molar-refractivity contribution is -0.139. The second-order valence-corrected chi connectivity index (χ2v) is 5.95. The van der Waals surface area contributed by atoms with Crippen LogP contribution in [0, 0.1) is 0 Å². The topological polar surface area (TPSA) is 62.2 Å². The molecule has 2 rings (SSSR count). The van der Waals surface area contributed by atoms with Gasteiger partial charge in [-0.2, -0.15) is 0 Å². The summed E-state index contributed by atoms with van der Waals surface area (Å²) in [5, 5.41) is 15.6. The fourth-order valence-corrected chi connectivity index (χ4v) is 3.12. The minimum absolute atomic E-state index is 0.442. The smallest absolute Gasteiger partial charge is 0.320 e. The minimum Gasteiger partial charge on any atom is -0.480 e. The lowest BCUT2D eigenvalue weighted by Crippen LogP contribution is -2.36. The Bertz CT molecular complexity index is 615. The summed E-state index contributed by atoms with van der Waals surface area (Å²) in [5.41, 5.74) is 1.73. The molecular weight excluding hydrogens is 308 g/mol. The Morgan fingerprint density at radius 3 is 2.90 bits per heavy atom. The van der Waals surface area contributed by atoms with Crippen molar-refractivity contribution < 1.29 is 9.90 Å². The van der Waals surface area contributed by atoms with Crippen molar-refractivity contribution in [3.8, 4) is 10.6 Å². The van der Waals surface area contributed by atoms with Crippen molar-refractivity contribution in [2.45, 2.75) is 32.4 Å². The maximum atomic E-state index is 11.1. The number of nitrogens with zero attached hydrogens (tertiary/aromatic N) is 1. The molecule has 1 atom stereocenters. The molecule has 0 saturated heterocycles. The van der Waals surface area contributed by atoms with Crippen molar-refractivity contribution >= 4 is 28.9 Å². The van der Waals surface area contributed by atoms with E-state index in [-0.39, 0.29) is 0 Å². The second-order valence-electron chi connectivity index (χ2n) is 4.68. The zero-order valence-electron chi connectivity index (χ0n) is 11.7. The first-order chi connectivity index (χ1) is 10.1. The number of hydrogen-bond acceptors (Lipinski definition) is 4. The van der Waals surface area contributed by atoms with Gasteiger partial charge in [0.05, 0.1) is 10.7 Å². The average molecular weight is 325 g/mol. The van der Waals surface area contributed by atoms with E-state index in [2.05, 4.69) is 10.3 Å². The van der Waals surface area contributed by atoms with Gasteiger partial charge in [0.15, 0.2) is 0 Å². The number of halogens is 1. The van der Waals surface area contributed by atoms with Gasteiger partial charge >= 0.3 is 5.97 Å². The molecule has 2 aromatic rings. The van der Waals surface area contributed by atoms with Gasteiger partial charge in [-0.3, -0.25) is 10.1 Å². The molecule has 4 nitrogen and oxygen atoms in total. The average Bonchev–Trinajstić information content (AvgIpc) is 2.92. The Labute approximate surface area is 132 Å². The molecule has 0 aliphatic heterocycles. The van der Waals surface area contributed by atoms with Crippen LogP contribution in [0.1, 0.15) is 25.5 Å². The van der Waals surface area contributed by atoms with Crippen LogP contribution < -0.4 is 5.32 Å². The van der Waals surface area contributed by atoms with E-state index in [9.17, 15) is 4.79 Å². The maximum Gasteiger partial charge on any atom is 0.320 e. The van der Waals surface area contributed by atoms with Gasteiger partial charge in [-0.15, -0.1) is 11.3 Å². The number of rotatable bonds is 7. The minimum atomic E-state index is -0.821. The number of carboxylic acids is 1. The van der Waals surface area contributed by atoms with Gasteiger partial charge in [-0.25, -0.2) is 4.98 Å². The number of thiazole rings is 1. The van der Waals surface area contributed by atoms with E-state index in [1.54, 1.807) is 0 Å². The molecule has 112 valence electrons. The first kappa shape index (κ1) is 15.9. The highest BCUT2D eigenvalue weighted by molar-refractivity contribution is 7.13. The predicted octanol–water partition coefficient (Wildman–Crippen LogP) is 3.81. The highest BCUT2D eigenvalue weighted by Crippen LogP contribution is 2.30. The summed E-state index contributed by atoms with van der Waals surface area (Å²) in [5.74, 6) is -0.821. The third-order valence-electron chi connectivity index (χ3n) is 3.06. The van der Waals surface area contributed by atoms with Crippen LogP contribution in [0.15, 0.2) is 29.6 Å². The SMILES string of the molecule is CCCC(NCc1csc(-c2ccccc2Cl)n1)C(=O)O. The largest absolute Gasteiger partial charge is 0.480 e. The second kappa shape index (κ2) is 7.54. The lowest BCUT2D eigenvalue weighted by Gasteiger charge is -2.11. The number of nitrogens with one attached hydrogen (secondary N) is 1. The summed E-state index contributed by atoms with van der Waals surface area (Å²) in [6.45, 7) is 2.41. The van der Waals surface area contributed by atoms with Crippen molar-refractivity contribution in [3.63, 3.8) is 0 Å². The molecule has 6 heteroatoms. The Kier molecular flexibility index (Phi) is 5.73. The highest BCUT2D eigenvalue weighted by Gasteiger charge is 2.16. The molecule has 0 amide bonds. The quantitative estimate of drug-likeness (QED) is 0.813. The van der Waals surface area contributed by atoms with Crippen molar-refractivity contribution in [1.82, 2.24) is 10.3 Å². The van der Waals surface area contributed by atoms with Gasteiger partial charge in [0, 0.05) is 17.5 Å². The zero-order chi connectivity index (χ0) is 15.2. The number of benzene rings is 1. The van der Waals surface area contributed by atoms with Crippen LogP contribution in [-0.4, -0.2) is 22.1 Å². The number of aromatic nitrogens is 1. The Morgan fingerprint density at radius 2 is 2.24 bits per heavy atom. The molecule has 1 heterocycles. The van der Waals surface area contributed by atoms with Crippen molar-refractivity contribution in [1.29, 1.82) is 0 Å². The Morgan fingerprint density at radius 1 is 1.48 bits per heavy atom. The molecule has 1 aromatic heterocycles. The normalized spacial score (nSPS) is 12.3. The molecule has 1 aromatic carbocycles. The Balaban J connectivity index is 2.04. The van der Waals surface area contributed by atoms with Crippen molar-refractivity contribution in [2.75, 3.05) is 0 Å². The lowest BCUT2D eigenvalue weighted by atomic mass is 10.1. The summed E-state index contributed by atoms with van der Waals surface area (Å²) in [6.07, 6.45) is 1.43. The fourth-order valence-electron chi connectivity index (χ4n) is 1.98. The molecule has 0 bridgehead atoms. The molecule has 0 aliphatic rings. The van der Waals surface area contributed by atoms with Gasteiger partial charge in [-0.05, 0) is 12.5 Å². The summed E-state index contributed by atoms with van der Waals surface area (Å²) in [7, 11) is 0. The van der Waals surface area contributed by atoms with Gasteiger partial charge in [0.25, 0.3) is 0 Å². The third kappa shape index (κ3) is 4.27. The monoisotopic (exact) mass is 324 g/mol. The standard InChI is InChI=1S/C15H17ClN2O2S/c1-2-5-13(15(19)20)17-8-10-9-21-14(18-10)11-6-3-4-7-12(11)16/h3-4,6-7,9,13,17H,2,5,8H2,1H3,(H,19,20). The van der Waals surface area contributed by atoms with Crippen LogP contribution >= 0.6 is 22.9 Å². The molecule has 0 spiro atoms. The van der Waals surface area contributed by atoms with Crippen LogP contribution in [0.25, 0.3) is 10.6 Å². The predicted molar refractivity (Wildman–Crippen MR) is 85.7 cm³/mol. The van der Waals surface area contributed by atoms with E-state index in [4.69, 9.17) is 16.7 Å². The van der Waals surface area contributed by atoms with Gasteiger partial charge in [0.1, 0.15) is 11.0 Å². The van der Waals surface area contributed by atoms with Gasteiger partial charge < -0.3 is 5.11 Å². The van der Waals surface area contributed by atoms with E-state index in [1.165, 1.54) is 11.3 Å². The van der Waals surface area contributed by atoms with Gasteiger partial charge in [0.2, 0.25) is 0 Å². The van der Waals surface area contributed by atoms with Crippen molar-refractivity contribution in [3.05, 3.63) is 40.4 Å². The van der Waals surface area contributed by atoms with E-state index in [0.717, 1.165) is 22.7 Å². The first-order valence-electron chi connectivity index (χ1n) is 6.77. The van der Waals surface area contributed by atoms with Crippen LogP contribution in [0.2, 0.25) is 5.02 Å². The van der Waals surface area contributed by atoms with Crippen LogP contribution in [0.3, 0.4) is 0 Å². The first-order valence-corrected chi connectivity index (χ1v) is 8.03. The van der Waals surface area contributed by atoms with Crippen molar-refractivity contribution in [2.24, 2.45) is 0 Å². The van der Waals surface area contributed by atoms with E-state index in [0.29, 0.717) is 18.0 Å². The number of aliphatic carboxylic acids is 1. The summed E-state index contributed by atoms with van der Waals surface area (Å²) in [4.78, 5) is 15.6. The molecular formula is C15H17ClN2O2S. The van der Waals surface area contributed by atoms with E-state index in [1.807, 2.05) is 36.6 Å². The fraction of sp³-hybridized carbons (Fsp3) is 0.333.